The second kappa shape index (κ2) is 8.09. The summed E-state index contributed by atoms with van der Waals surface area (Å²) in [6, 6.07) is 0.349. The second-order valence-electron chi connectivity index (χ2n) is 6.46. The first-order valence-corrected chi connectivity index (χ1v) is 8.78. The van der Waals surface area contributed by atoms with Gasteiger partial charge >= 0.3 is 0 Å². The average Bonchev–Trinajstić information content (AvgIpc) is 3.05. The van der Waals surface area contributed by atoms with Crippen LogP contribution in [0.15, 0.2) is 12.4 Å². The third kappa shape index (κ3) is 3.89. The predicted octanol–water partition coefficient (Wildman–Crippen LogP) is 2.39. The van der Waals surface area contributed by atoms with Crippen molar-refractivity contribution >= 4 is 0 Å². The minimum atomic E-state index is 0.349. The van der Waals surface area contributed by atoms with E-state index in [1.165, 1.54) is 18.7 Å². The fourth-order valence-electron chi connectivity index (χ4n) is 3.63. The van der Waals surface area contributed by atoms with Gasteiger partial charge in [0.15, 0.2) is 0 Å². The Morgan fingerprint density at radius 2 is 1.86 bits per heavy atom. The van der Waals surface area contributed by atoms with E-state index in [4.69, 9.17) is 9.47 Å². The molecule has 1 aromatic heterocycles. The van der Waals surface area contributed by atoms with Crippen LogP contribution in [-0.2, 0) is 16.0 Å². The molecular weight excluding hydrogens is 278 g/mol. The van der Waals surface area contributed by atoms with E-state index >= 15 is 0 Å². The molecule has 5 heteroatoms. The first-order chi connectivity index (χ1) is 10.9. The molecule has 3 rings (SSSR count). The first-order valence-electron chi connectivity index (χ1n) is 8.78. The van der Waals surface area contributed by atoms with E-state index in [1.807, 2.05) is 6.20 Å². The third-order valence-corrected chi connectivity index (χ3v) is 5.07. The maximum atomic E-state index is 5.55. The standard InChI is InChI=1S/C17H29N3O2/c1-2-20-8-7-18-17(20)16(15-5-11-22-12-6-15)19-13-14-3-9-21-10-4-14/h7-8,14-16,19H,2-6,9-13H2,1H3/t16-/m1/s1. The normalized spacial score (nSPS) is 22.8. The molecule has 0 unspecified atom stereocenters. The Bertz CT molecular complexity index is 437. The summed E-state index contributed by atoms with van der Waals surface area (Å²) in [4.78, 5) is 4.66. The molecule has 0 saturated carbocycles. The van der Waals surface area contributed by atoms with E-state index in [9.17, 15) is 0 Å². The van der Waals surface area contributed by atoms with E-state index in [2.05, 4.69) is 28.0 Å². The second-order valence-corrected chi connectivity index (χ2v) is 6.46. The van der Waals surface area contributed by atoms with E-state index < -0.39 is 0 Å². The fourth-order valence-corrected chi connectivity index (χ4v) is 3.63. The van der Waals surface area contributed by atoms with Crippen LogP contribution < -0.4 is 5.32 Å². The summed E-state index contributed by atoms with van der Waals surface area (Å²) in [7, 11) is 0. The number of aromatic nitrogens is 2. The lowest BCUT2D eigenvalue weighted by atomic mass is 9.90. The average molecular weight is 307 g/mol. The molecule has 0 bridgehead atoms. The van der Waals surface area contributed by atoms with Crippen LogP contribution in [0.3, 0.4) is 0 Å². The molecule has 124 valence electrons. The van der Waals surface area contributed by atoms with Crippen molar-refractivity contribution in [2.75, 3.05) is 33.0 Å². The number of aryl methyl sites for hydroxylation is 1. The van der Waals surface area contributed by atoms with E-state index in [0.717, 1.165) is 58.3 Å². The zero-order chi connectivity index (χ0) is 15.2. The van der Waals surface area contributed by atoms with Gasteiger partial charge in [-0.15, -0.1) is 0 Å². The molecule has 2 fully saturated rings. The van der Waals surface area contributed by atoms with Crippen molar-refractivity contribution in [1.82, 2.24) is 14.9 Å². The molecule has 0 aliphatic carbocycles. The van der Waals surface area contributed by atoms with Crippen LogP contribution in [0, 0.1) is 11.8 Å². The number of rotatable bonds is 6. The lowest BCUT2D eigenvalue weighted by Crippen LogP contribution is -2.37. The highest BCUT2D eigenvalue weighted by atomic mass is 16.5. The van der Waals surface area contributed by atoms with E-state index in [0.29, 0.717) is 12.0 Å². The summed E-state index contributed by atoms with van der Waals surface area (Å²) < 4.78 is 13.3. The van der Waals surface area contributed by atoms with Gasteiger partial charge in [-0.3, -0.25) is 0 Å². The Labute approximate surface area is 133 Å². The zero-order valence-corrected chi connectivity index (χ0v) is 13.7. The molecule has 1 atom stereocenters. The smallest absolute Gasteiger partial charge is 0.126 e. The van der Waals surface area contributed by atoms with Crippen molar-refractivity contribution in [1.29, 1.82) is 0 Å². The van der Waals surface area contributed by atoms with E-state index in [1.54, 1.807) is 0 Å². The number of imidazole rings is 1. The van der Waals surface area contributed by atoms with Crippen LogP contribution in [-0.4, -0.2) is 42.5 Å². The molecule has 0 aromatic carbocycles. The van der Waals surface area contributed by atoms with Gasteiger partial charge in [0.05, 0.1) is 6.04 Å². The van der Waals surface area contributed by atoms with Gasteiger partial charge in [0, 0.05) is 45.4 Å². The maximum Gasteiger partial charge on any atom is 0.126 e. The van der Waals surface area contributed by atoms with Crippen molar-refractivity contribution in [3.63, 3.8) is 0 Å². The van der Waals surface area contributed by atoms with Crippen LogP contribution in [0.25, 0.3) is 0 Å². The Morgan fingerprint density at radius 3 is 2.55 bits per heavy atom. The Hall–Kier alpha value is -0.910. The van der Waals surface area contributed by atoms with Gasteiger partial charge in [0.1, 0.15) is 5.82 Å². The van der Waals surface area contributed by atoms with Gasteiger partial charge in [0.2, 0.25) is 0 Å². The summed E-state index contributed by atoms with van der Waals surface area (Å²) in [6.45, 7) is 7.83. The van der Waals surface area contributed by atoms with Crippen molar-refractivity contribution < 1.29 is 9.47 Å². The van der Waals surface area contributed by atoms with Gasteiger partial charge < -0.3 is 19.4 Å². The van der Waals surface area contributed by atoms with Crippen molar-refractivity contribution in [3.05, 3.63) is 18.2 Å². The van der Waals surface area contributed by atoms with Gasteiger partial charge in [-0.1, -0.05) is 0 Å². The number of nitrogens with one attached hydrogen (secondary N) is 1. The monoisotopic (exact) mass is 307 g/mol. The lowest BCUT2D eigenvalue weighted by molar-refractivity contribution is 0.0457. The fraction of sp³-hybridized carbons (Fsp3) is 0.824. The summed E-state index contributed by atoms with van der Waals surface area (Å²) in [5.41, 5.74) is 0. The quantitative estimate of drug-likeness (QED) is 0.876. The molecule has 0 amide bonds. The molecule has 22 heavy (non-hydrogen) atoms. The highest BCUT2D eigenvalue weighted by Crippen LogP contribution is 2.30. The molecule has 2 aliphatic rings. The molecule has 1 aromatic rings. The van der Waals surface area contributed by atoms with Crippen molar-refractivity contribution in [2.45, 2.75) is 45.2 Å². The molecule has 1 N–H and O–H groups in total. The van der Waals surface area contributed by atoms with Crippen LogP contribution in [0.1, 0.15) is 44.5 Å². The first kappa shape index (κ1) is 16.0. The number of hydrogen-bond donors (Lipinski definition) is 1. The molecule has 0 spiro atoms. The highest BCUT2D eigenvalue weighted by Gasteiger charge is 2.29. The Kier molecular flexibility index (Phi) is 5.87. The van der Waals surface area contributed by atoms with Crippen LogP contribution in [0.2, 0.25) is 0 Å². The Balaban J connectivity index is 1.67. The van der Waals surface area contributed by atoms with Gasteiger partial charge in [0.25, 0.3) is 0 Å². The molecular formula is C17H29N3O2. The van der Waals surface area contributed by atoms with E-state index in [-0.39, 0.29) is 0 Å². The van der Waals surface area contributed by atoms with Gasteiger partial charge in [-0.25, -0.2) is 4.98 Å². The third-order valence-electron chi connectivity index (χ3n) is 5.07. The number of nitrogens with zero attached hydrogens (tertiary/aromatic N) is 2. The lowest BCUT2D eigenvalue weighted by Gasteiger charge is -2.33. The molecule has 5 nitrogen and oxygen atoms in total. The maximum absolute atomic E-state index is 5.55. The molecule has 3 heterocycles. The summed E-state index contributed by atoms with van der Waals surface area (Å²) in [5, 5.41) is 3.84. The number of ether oxygens (including phenoxy) is 2. The largest absolute Gasteiger partial charge is 0.381 e. The van der Waals surface area contributed by atoms with Crippen LogP contribution >= 0.6 is 0 Å². The minimum Gasteiger partial charge on any atom is -0.381 e. The summed E-state index contributed by atoms with van der Waals surface area (Å²) >= 11 is 0. The van der Waals surface area contributed by atoms with Crippen molar-refractivity contribution in [3.8, 4) is 0 Å². The molecule has 2 saturated heterocycles. The van der Waals surface area contributed by atoms with Crippen molar-refractivity contribution in [2.24, 2.45) is 11.8 Å². The zero-order valence-electron chi connectivity index (χ0n) is 13.7. The topological polar surface area (TPSA) is 48.3 Å². The predicted molar refractivity (Wildman–Crippen MR) is 85.7 cm³/mol. The minimum absolute atomic E-state index is 0.349. The van der Waals surface area contributed by atoms with Crippen LogP contribution in [0.5, 0.6) is 0 Å². The Morgan fingerprint density at radius 1 is 1.18 bits per heavy atom. The SMILES string of the molecule is CCn1ccnc1[C@H](NCC1CCOCC1)C1CCOCC1. The number of hydrogen-bond acceptors (Lipinski definition) is 4. The molecule has 0 radical (unpaired) electrons. The van der Waals surface area contributed by atoms with Gasteiger partial charge in [-0.2, -0.15) is 0 Å². The molecule has 2 aliphatic heterocycles. The van der Waals surface area contributed by atoms with Gasteiger partial charge in [-0.05, 0) is 51.0 Å². The highest BCUT2D eigenvalue weighted by molar-refractivity contribution is 5.02. The summed E-state index contributed by atoms with van der Waals surface area (Å²) in [6.07, 6.45) is 8.63. The summed E-state index contributed by atoms with van der Waals surface area (Å²) in [5.74, 6) is 2.56. The van der Waals surface area contributed by atoms with Crippen LogP contribution in [0.4, 0.5) is 0 Å².